The SMILES string of the molecule is O=C(C1CCCCCN1)N1CCCN2CCCC2C1. The Kier molecular flexibility index (Phi) is 4.38. The lowest BCUT2D eigenvalue weighted by Gasteiger charge is -2.29. The van der Waals surface area contributed by atoms with Gasteiger partial charge in [0.05, 0.1) is 6.04 Å². The van der Waals surface area contributed by atoms with E-state index in [9.17, 15) is 4.79 Å². The molecule has 4 heteroatoms. The standard InChI is InChI=1S/C15H27N3O/c19-15(14-7-2-1-3-8-16-14)18-11-5-10-17-9-4-6-13(17)12-18/h13-14,16H,1-12H2. The van der Waals surface area contributed by atoms with Crippen molar-refractivity contribution in [3.63, 3.8) is 0 Å². The Morgan fingerprint density at radius 1 is 0.947 bits per heavy atom. The van der Waals surface area contributed by atoms with Crippen molar-refractivity contribution in [2.75, 3.05) is 32.7 Å². The van der Waals surface area contributed by atoms with E-state index < -0.39 is 0 Å². The molecular weight excluding hydrogens is 238 g/mol. The summed E-state index contributed by atoms with van der Waals surface area (Å²) in [7, 11) is 0. The highest BCUT2D eigenvalue weighted by Crippen LogP contribution is 2.22. The van der Waals surface area contributed by atoms with E-state index in [2.05, 4.69) is 15.1 Å². The Labute approximate surface area is 116 Å². The van der Waals surface area contributed by atoms with Crippen molar-refractivity contribution >= 4 is 5.91 Å². The van der Waals surface area contributed by atoms with Gasteiger partial charge in [0.15, 0.2) is 0 Å². The molecule has 2 unspecified atom stereocenters. The van der Waals surface area contributed by atoms with E-state index in [0.29, 0.717) is 11.9 Å². The smallest absolute Gasteiger partial charge is 0.239 e. The van der Waals surface area contributed by atoms with Gasteiger partial charge in [0.2, 0.25) is 5.91 Å². The second-order valence-electron chi connectivity index (χ2n) is 6.33. The molecule has 0 aromatic heterocycles. The summed E-state index contributed by atoms with van der Waals surface area (Å²) in [5.41, 5.74) is 0. The molecule has 0 saturated carbocycles. The minimum absolute atomic E-state index is 0.0930. The molecule has 0 spiro atoms. The molecule has 19 heavy (non-hydrogen) atoms. The van der Waals surface area contributed by atoms with Crippen LogP contribution < -0.4 is 5.32 Å². The van der Waals surface area contributed by atoms with E-state index in [-0.39, 0.29) is 6.04 Å². The number of rotatable bonds is 1. The van der Waals surface area contributed by atoms with Gasteiger partial charge in [0.1, 0.15) is 0 Å². The molecule has 0 radical (unpaired) electrons. The second-order valence-corrected chi connectivity index (χ2v) is 6.33. The summed E-state index contributed by atoms with van der Waals surface area (Å²) in [6.45, 7) is 5.38. The van der Waals surface area contributed by atoms with Gasteiger partial charge in [-0.1, -0.05) is 12.8 Å². The molecule has 3 aliphatic heterocycles. The Bertz CT molecular complexity index is 313. The molecule has 3 heterocycles. The average molecular weight is 265 g/mol. The van der Waals surface area contributed by atoms with Crippen LogP contribution >= 0.6 is 0 Å². The van der Waals surface area contributed by atoms with Crippen LogP contribution in [0.25, 0.3) is 0 Å². The largest absolute Gasteiger partial charge is 0.340 e. The summed E-state index contributed by atoms with van der Waals surface area (Å²) in [5.74, 6) is 0.371. The van der Waals surface area contributed by atoms with Crippen LogP contribution in [0.4, 0.5) is 0 Å². The summed E-state index contributed by atoms with van der Waals surface area (Å²) < 4.78 is 0. The first kappa shape index (κ1) is 13.4. The van der Waals surface area contributed by atoms with Crippen LogP contribution in [0, 0.1) is 0 Å². The van der Waals surface area contributed by atoms with Crippen molar-refractivity contribution in [1.29, 1.82) is 0 Å². The van der Waals surface area contributed by atoms with Gasteiger partial charge in [0.25, 0.3) is 0 Å². The maximum Gasteiger partial charge on any atom is 0.239 e. The summed E-state index contributed by atoms with van der Waals surface area (Å²) in [6.07, 6.45) is 8.47. The van der Waals surface area contributed by atoms with Crippen molar-refractivity contribution in [2.45, 2.75) is 57.0 Å². The first-order valence-electron chi connectivity index (χ1n) is 8.11. The van der Waals surface area contributed by atoms with Crippen LogP contribution in [0.3, 0.4) is 0 Å². The molecular formula is C15H27N3O. The molecule has 0 aromatic rings. The van der Waals surface area contributed by atoms with Crippen LogP contribution in [0.2, 0.25) is 0 Å². The summed E-state index contributed by atoms with van der Waals surface area (Å²) >= 11 is 0. The maximum atomic E-state index is 12.7. The zero-order valence-electron chi connectivity index (χ0n) is 11.9. The topological polar surface area (TPSA) is 35.6 Å². The monoisotopic (exact) mass is 265 g/mol. The zero-order valence-corrected chi connectivity index (χ0v) is 11.9. The first-order valence-corrected chi connectivity index (χ1v) is 8.11. The quantitative estimate of drug-likeness (QED) is 0.774. The minimum Gasteiger partial charge on any atom is -0.340 e. The van der Waals surface area contributed by atoms with Crippen molar-refractivity contribution in [2.24, 2.45) is 0 Å². The predicted molar refractivity (Wildman–Crippen MR) is 76.1 cm³/mol. The summed E-state index contributed by atoms with van der Waals surface area (Å²) in [6, 6.07) is 0.729. The molecule has 0 bridgehead atoms. The lowest BCUT2D eigenvalue weighted by Crippen LogP contribution is -2.48. The number of hydrogen-bond acceptors (Lipinski definition) is 3. The molecule has 0 aliphatic carbocycles. The second kappa shape index (κ2) is 6.23. The molecule has 3 fully saturated rings. The highest BCUT2D eigenvalue weighted by molar-refractivity contribution is 5.82. The van der Waals surface area contributed by atoms with Crippen LogP contribution in [0.5, 0.6) is 0 Å². The Hall–Kier alpha value is -0.610. The fraction of sp³-hybridized carbons (Fsp3) is 0.933. The number of fused-ring (bicyclic) bond motifs is 1. The molecule has 3 aliphatic rings. The fourth-order valence-electron chi connectivity index (χ4n) is 3.87. The van der Waals surface area contributed by atoms with E-state index in [1.807, 2.05) is 0 Å². The van der Waals surface area contributed by atoms with Crippen LogP contribution in [-0.4, -0.2) is 60.5 Å². The fourth-order valence-corrected chi connectivity index (χ4v) is 3.87. The number of nitrogens with zero attached hydrogens (tertiary/aromatic N) is 2. The molecule has 2 atom stereocenters. The predicted octanol–water partition coefficient (Wildman–Crippen LogP) is 1.22. The molecule has 4 nitrogen and oxygen atoms in total. The first-order chi connectivity index (χ1) is 9.34. The molecule has 0 aromatic carbocycles. The third-order valence-electron chi connectivity index (χ3n) is 4.97. The van der Waals surface area contributed by atoms with Gasteiger partial charge in [-0.05, 0) is 45.2 Å². The van der Waals surface area contributed by atoms with E-state index >= 15 is 0 Å². The van der Waals surface area contributed by atoms with Gasteiger partial charge in [-0.15, -0.1) is 0 Å². The molecule has 1 amide bonds. The molecule has 3 rings (SSSR count). The Balaban J connectivity index is 1.61. The maximum absolute atomic E-state index is 12.7. The number of carbonyl (C=O) groups excluding carboxylic acids is 1. The van der Waals surface area contributed by atoms with Gasteiger partial charge in [-0.3, -0.25) is 9.69 Å². The van der Waals surface area contributed by atoms with E-state index in [4.69, 9.17) is 0 Å². The van der Waals surface area contributed by atoms with Crippen LogP contribution in [0.1, 0.15) is 44.9 Å². The summed E-state index contributed by atoms with van der Waals surface area (Å²) in [4.78, 5) is 17.4. The number of amides is 1. The van der Waals surface area contributed by atoms with Gasteiger partial charge >= 0.3 is 0 Å². The van der Waals surface area contributed by atoms with E-state index in [1.165, 1.54) is 45.2 Å². The zero-order chi connectivity index (χ0) is 13.1. The highest BCUT2D eigenvalue weighted by Gasteiger charge is 2.32. The van der Waals surface area contributed by atoms with Gasteiger partial charge in [-0.25, -0.2) is 0 Å². The highest BCUT2D eigenvalue weighted by atomic mass is 16.2. The molecule has 3 saturated heterocycles. The molecule has 1 N–H and O–H groups in total. The minimum atomic E-state index is 0.0930. The number of carbonyl (C=O) groups is 1. The third kappa shape index (κ3) is 3.11. The number of hydrogen-bond donors (Lipinski definition) is 1. The average Bonchev–Trinajstić information content (AvgIpc) is 2.66. The lowest BCUT2D eigenvalue weighted by atomic mass is 10.1. The van der Waals surface area contributed by atoms with Crippen LogP contribution in [0.15, 0.2) is 0 Å². The van der Waals surface area contributed by atoms with Crippen molar-refractivity contribution in [3.05, 3.63) is 0 Å². The lowest BCUT2D eigenvalue weighted by molar-refractivity contribution is -0.133. The number of nitrogens with one attached hydrogen (secondary N) is 1. The van der Waals surface area contributed by atoms with E-state index in [1.54, 1.807) is 0 Å². The van der Waals surface area contributed by atoms with Crippen LogP contribution in [-0.2, 0) is 4.79 Å². The summed E-state index contributed by atoms with van der Waals surface area (Å²) in [5, 5.41) is 3.45. The Morgan fingerprint density at radius 3 is 2.79 bits per heavy atom. The third-order valence-corrected chi connectivity index (χ3v) is 4.97. The van der Waals surface area contributed by atoms with E-state index in [0.717, 1.165) is 32.5 Å². The van der Waals surface area contributed by atoms with Gasteiger partial charge < -0.3 is 10.2 Å². The van der Waals surface area contributed by atoms with Gasteiger partial charge in [0, 0.05) is 25.7 Å². The van der Waals surface area contributed by atoms with Crippen molar-refractivity contribution in [3.8, 4) is 0 Å². The molecule has 108 valence electrons. The normalized spacial score (nSPS) is 33.6. The van der Waals surface area contributed by atoms with Crippen molar-refractivity contribution < 1.29 is 4.79 Å². The van der Waals surface area contributed by atoms with Crippen molar-refractivity contribution in [1.82, 2.24) is 15.1 Å². The Morgan fingerprint density at radius 2 is 1.84 bits per heavy atom. The van der Waals surface area contributed by atoms with Gasteiger partial charge in [-0.2, -0.15) is 0 Å².